The zero-order chi connectivity index (χ0) is 14.4. The third-order valence-corrected chi connectivity index (χ3v) is 4.89. The van der Waals surface area contributed by atoms with Crippen LogP contribution in [0.5, 0.6) is 0 Å². The van der Waals surface area contributed by atoms with Gasteiger partial charge in [-0.25, -0.2) is 0 Å². The van der Waals surface area contributed by atoms with Crippen molar-refractivity contribution in [2.75, 3.05) is 13.6 Å². The first-order valence-corrected chi connectivity index (χ1v) is 7.81. The van der Waals surface area contributed by atoms with Gasteiger partial charge in [0.25, 0.3) is 0 Å². The van der Waals surface area contributed by atoms with Crippen molar-refractivity contribution in [1.29, 1.82) is 0 Å². The van der Waals surface area contributed by atoms with Crippen molar-refractivity contribution in [3.8, 4) is 0 Å². The number of likely N-dealkylation sites (N-methyl/N-ethyl adjacent to an activating group) is 1. The lowest BCUT2D eigenvalue weighted by Crippen LogP contribution is -2.29. The molecule has 0 saturated carbocycles. The molecule has 4 nitrogen and oxygen atoms in total. The number of aromatic nitrogens is 3. The molecule has 0 aliphatic carbocycles. The van der Waals surface area contributed by atoms with Gasteiger partial charge in [-0.3, -0.25) is 4.98 Å². The first kappa shape index (κ1) is 13.0. The lowest BCUT2D eigenvalue weighted by Gasteiger charge is -2.20. The maximum atomic E-state index is 5.55. The van der Waals surface area contributed by atoms with E-state index in [1.54, 1.807) is 0 Å². The lowest BCUT2D eigenvalue weighted by atomic mass is 10.2. The van der Waals surface area contributed by atoms with E-state index in [4.69, 9.17) is 12.2 Å². The monoisotopic (exact) mass is 298 g/mol. The molecule has 1 N–H and O–H groups in total. The molecule has 3 aromatic rings. The van der Waals surface area contributed by atoms with E-state index in [2.05, 4.69) is 44.7 Å². The number of H-pyrrole nitrogens is 1. The Morgan fingerprint density at radius 2 is 2.24 bits per heavy atom. The van der Waals surface area contributed by atoms with Crippen LogP contribution >= 0.6 is 12.2 Å². The molecule has 1 aliphatic heterocycles. The van der Waals surface area contributed by atoms with Crippen LogP contribution in [0.4, 0.5) is 0 Å². The number of hydrogen-bond donors (Lipinski definition) is 1. The summed E-state index contributed by atoms with van der Waals surface area (Å²) in [6, 6.07) is 8.84. The number of imidazole rings is 1. The van der Waals surface area contributed by atoms with Crippen LogP contribution in [0.15, 0.2) is 30.5 Å². The zero-order valence-electron chi connectivity index (χ0n) is 12.0. The Bertz CT molecular complexity index is 863. The van der Waals surface area contributed by atoms with Gasteiger partial charge in [-0.1, -0.05) is 18.2 Å². The number of pyridine rings is 1. The van der Waals surface area contributed by atoms with E-state index in [0.717, 1.165) is 22.3 Å². The van der Waals surface area contributed by atoms with Gasteiger partial charge in [-0.2, -0.15) is 0 Å². The molecular formula is C16H18N4S. The summed E-state index contributed by atoms with van der Waals surface area (Å²) in [6.07, 6.45) is 4.41. The summed E-state index contributed by atoms with van der Waals surface area (Å²) in [5.74, 6) is 0. The quantitative estimate of drug-likeness (QED) is 0.737. The highest BCUT2D eigenvalue weighted by molar-refractivity contribution is 7.71. The van der Waals surface area contributed by atoms with Gasteiger partial charge >= 0.3 is 0 Å². The van der Waals surface area contributed by atoms with E-state index in [9.17, 15) is 0 Å². The van der Waals surface area contributed by atoms with Crippen molar-refractivity contribution in [2.24, 2.45) is 0 Å². The molecule has 5 heteroatoms. The van der Waals surface area contributed by atoms with E-state index in [1.807, 2.05) is 12.3 Å². The summed E-state index contributed by atoms with van der Waals surface area (Å²) < 4.78 is 3.05. The molecule has 21 heavy (non-hydrogen) atoms. The van der Waals surface area contributed by atoms with Gasteiger partial charge in [0.2, 0.25) is 0 Å². The molecule has 1 saturated heterocycles. The Morgan fingerprint density at radius 1 is 1.38 bits per heavy atom. The largest absolute Gasteiger partial charge is 0.329 e. The smallest absolute Gasteiger partial charge is 0.178 e. The third-order valence-electron chi connectivity index (χ3n) is 4.57. The van der Waals surface area contributed by atoms with Gasteiger partial charge < -0.3 is 14.5 Å². The number of nitrogens with zero attached hydrogens (tertiary/aromatic N) is 3. The molecule has 0 radical (unpaired) electrons. The minimum atomic E-state index is 0.572. The fraction of sp³-hybridized carbons (Fsp3) is 0.375. The maximum Gasteiger partial charge on any atom is 0.178 e. The van der Waals surface area contributed by atoms with Crippen molar-refractivity contribution in [3.05, 3.63) is 35.2 Å². The molecule has 4 rings (SSSR count). The zero-order valence-corrected chi connectivity index (χ0v) is 12.9. The Hall–Kier alpha value is -1.72. The van der Waals surface area contributed by atoms with Crippen LogP contribution in [0.25, 0.3) is 21.9 Å². The van der Waals surface area contributed by atoms with Crippen molar-refractivity contribution in [2.45, 2.75) is 25.4 Å². The SMILES string of the molecule is CN1CCCC1Cn1c(=S)[nH]c2cnc3ccccc3c21. The van der Waals surface area contributed by atoms with Crippen LogP contribution in [0, 0.1) is 4.77 Å². The second-order valence-electron chi connectivity index (χ2n) is 5.86. The summed E-state index contributed by atoms with van der Waals surface area (Å²) in [5, 5.41) is 1.17. The number of likely N-dealkylation sites (tertiary alicyclic amines) is 1. The van der Waals surface area contributed by atoms with E-state index in [-0.39, 0.29) is 0 Å². The maximum absolute atomic E-state index is 5.55. The standard InChI is InChI=1S/C16H18N4S/c1-19-8-4-5-11(19)10-20-15-12-6-2-3-7-13(12)17-9-14(15)18-16(20)21/h2-3,6-7,9,11H,4-5,8,10H2,1H3,(H,18,21). The van der Waals surface area contributed by atoms with E-state index in [0.29, 0.717) is 6.04 Å². The first-order chi connectivity index (χ1) is 10.2. The van der Waals surface area contributed by atoms with Crippen molar-refractivity contribution < 1.29 is 0 Å². The summed E-state index contributed by atoms with van der Waals surface area (Å²) in [6.45, 7) is 2.13. The number of benzene rings is 1. The number of hydrogen-bond acceptors (Lipinski definition) is 3. The molecule has 1 unspecified atom stereocenters. The molecule has 3 heterocycles. The molecule has 1 fully saturated rings. The number of nitrogens with one attached hydrogen (secondary N) is 1. The van der Waals surface area contributed by atoms with E-state index < -0.39 is 0 Å². The second kappa shape index (κ2) is 4.93. The highest BCUT2D eigenvalue weighted by Crippen LogP contribution is 2.25. The predicted octanol–water partition coefficient (Wildman–Crippen LogP) is 3.34. The molecule has 0 bridgehead atoms. The van der Waals surface area contributed by atoms with Crippen LogP contribution in [0.3, 0.4) is 0 Å². The van der Waals surface area contributed by atoms with Gasteiger partial charge in [0.1, 0.15) is 0 Å². The third kappa shape index (κ3) is 2.08. The lowest BCUT2D eigenvalue weighted by molar-refractivity contribution is 0.283. The van der Waals surface area contributed by atoms with E-state index in [1.165, 1.54) is 30.3 Å². The fourth-order valence-electron chi connectivity index (χ4n) is 3.39. The van der Waals surface area contributed by atoms with Crippen molar-refractivity contribution in [3.63, 3.8) is 0 Å². The number of rotatable bonds is 2. The second-order valence-corrected chi connectivity index (χ2v) is 6.24. The highest BCUT2D eigenvalue weighted by Gasteiger charge is 2.22. The first-order valence-electron chi connectivity index (χ1n) is 7.40. The Balaban J connectivity index is 1.93. The van der Waals surface area contributed by atoms with Crippen molar-refractivity contribution in [1.82, 2.24) is 19.4 Å². The van der Waals surface area contributed by atoms with Crippen LogP contribution in [0.2, 0.25) is 0 Å². The summed E-state index contributed by atoms with van der Waals surface area (Å²) >= 11 is 5.55. The molecule has 2 aromatic heterocycles. The number of fused-ring (bicyclic) bond motifs is 3. The molecular weight excluding hydrogens is 280 g/mol. The Labute approximate surface area is 128 Å². The average Bonchev–Trinajstić information content (AvgIpc) is 3.04. The molecule has 0 spiro atoms. The van der Waals surface area contributed by atoms with Gasteiger partial charge in [0, 0.05) is 18.0 Å². The summed E-state index contributed by atoms with van der Waals surface area (Å²) in [5.41, 5.74) is 3.23. The van der Waals surface area contributed by atoms with Gasteiger partial charge in [-0.15, -0.1) is 0 Å². The molecule has 108 valence electrons. The van der Waals surface area contributed by atoms with Gasteiger partial charge in [-0.05, 0) is 44.7 Å². The topological polar surface area (TPSA) is 36.9 Å². The van der Waals surface area contributed by atoms with Crippen LogP contribution < -0.4 is 0 Å². The molecule has 1 atom stereocenters. The number of aromatic amines is 1. The van der Waals surface area contributed by atoms with E-state index >= 15 is 0 Å². The average molecular weight is 298 g/mol. The normalized spacial score (nSPS) is 19.8. The van der Waals surface area contributed by atoms with Crippen LogP contribution in [0.1, 0.15) is 12.8 Å². The fourth-order valence-corrected chi connectivity index (χ4v) is 3.66. The van der Waals surface area contributed by atoms with Gasteiger partial charge in [0.05, 0.1) is 22.7 Å². The Morgan fingerprint density at radius 3 is 3.05 bits per heavy atom. The molecule has 1 aliphatic rings. The molecule has 1 aromatic carbocycles. The predicted molar refractivity (Wildman–Crippen MR) is 88.1 cm³/mol. The van der Waals surface area contributed by atoms with Crippen LogP contribution in [-0.4, -0.2) is 39.1 Å². The van der Waals surface area contributed by atoms with Gasteiger partial charge in [0.15, 0.2) is 4.77 Å². The molecule has 0 amide bonds. The van der Waals surface area contributed by atoms with Crippen LogP contribution in [-0.2, 0) is 6.54 Å². The highest BCUT2D eigenvalue weighted by atomic mass is 32.1. The summed E-state index contributed by atoms with van der Waals surface area (Å²) in [7, 11) is 2.20. The van der Waals surface area contributed by atoms with Crippen molar-refractivity contribution >= 4 is 34.2 Å². The minimum Gasteiger partial charge on any atom is -0.329 e. The number of para-hydroxylation sites is 1. The Kier molecular flexibility index (Phi) is 3.05. The summed E-state index contributed by atoms with van der Waals surface area (Å²) in [4.78, 5) is 10.2. The minimum absolute atomic E-state index is 0.572.